The molecule has 0 saturated carbocycles. The normalized spacial score (nSPS) is 18.6. The number of nitrogens with one attached hydrogen (secondary N) is 2. The van der Waals surface area contributed by atoms with Gasteiger partial charge in [0.15, 0.2) is 0 Å². The first kappa shape index (κ1) is 18.3. The zero-order valence-corrected chi connectivity index (χ0v) is 16.4. The lowest BCUT2D eigenvalue weighted by molar-refractivity contribution is -0.138. The van der Waals surface area contributed by atoms with Crippen molar-refractivity contribution in [3.8, 4) is 0 Å². The third-order valence-electron chi connectivity index (χ3n) is 5.70. The van der Waals surface area contributed by atoms with Crippen LogP contribution in [0.1, 0.15) is 25.0 Å². The van der Waals surface area contributed by atoms with Crippen molar-refractivity contribution in [3.63, 3.8) is 0 Å². The van der Waals surface area contributed by atoms with Crippen molar-refractivity contribution in [2.24, 2.45) is 0 Å². The maximum absolute atomic E-state index is 12.8. The predicted octanol–water partition coefficient (Wildman–Crippen LogP) is 3.61. The molecular weight excluding hydrogens is 352 g/mol. The largest absolute Gasteiger partial charge is 0.355 e. The fourth-order valence-corrected chi connectivity index (χ4v) is 3.98. The molecule has 0 aliphatic carbocycles. The predicted molar refractivity (Wildman–Crippen MR) is 111 cm³/mol. The second kappa shape index (κ2) is 7.54. The maximum atomic E-state index is 12.8. The number of amides is 3. The lowest BCUT2D eigenvalue weighted by Crippen LogP contribution is -2.58. The fourth-order valence-electron chi connectivity index (χ4n) is 3.98. The summed E-state index contributed by atoms with van der Waals surface area (Å²) >= 11 is 0. The van der Waals surface area contributed by atoms with Crippen molar-refractivity contribution in [3.05, 3.63) is 53.6 Å². The molecule has 0 unspecified atom stereocenters. The Morgan fingerprint density at radius 3 is 2.64 bits per heavy atom. The van der Waals surface area contributed by atoms with Gasteiger partial charge in [-0.2, -0.15) is 0 Å². The number of nitrogens with zero attached hydrogens (tertiary/aromatic N) is 2. The molecule has 2 aromatic rings. The van der Waals surface area contributed by atoms with E-state index < -0.39 is 6.04 Å². The van der Waals surface area contributed by atoms with Gasteiger partial charge in [-0.05, 0) is 56.0 Å². The molecule has 2 aromatic carbocycles. The molecule has 3 amide bonds. The average molecular weight is 378 g/mol. The van der Waals surface area contributed by atoms with Gasteiger partial charge in [-0.1, -0.05) is 24.3 Å². The van der Waals surface area contributed by atoms with Gasteiger partial charge in [0.25, 0.3) is 0 Å². The highest BCUT2D eigenvalue weighted by molar-refractivity contribution is 5.95. The minimum atomic E-state index is -0.445. The molecule has 2 aliphatic rings. The van der Waals surface area contributed by atoms with Gasteiger partial charge in [-0.25, -0.2) is 4.79 Å². The summed E-state index contributed by atoms with van der Waals surface area (Å²) in [6, 6.07) is 13.6. The lowest BCUT2D eigenvalue weighted by Gasteiger charge is -2.38. The molecular formula is C22H26N4O2. The van der Waals surface area contributed by atoms with E-state index in [1.807, 2.05) is 25.1 Å². The topological polar surface area (TPSA) is 64.7 Å². The van der Waals surface area contributed by atoms with E-state index in [-0.39, 0.29) is 11.9 Å². The van der Waals surface area contributed by atoms with Crippen molar-refractivity contribution < 1.29 is 9.59 Å². The van der Waals surface area contributed by atoms with Gasteiger partial charge in [0.2, 0.25) is 5.91 Å². The standard InChI is InChI=1S/C22H26N4O2/c1-3-25-12-13-26(15(2)21(25)27)22(28)23-18-11-10-17-9-8-16-6-4-5-7-19(16)24-20(17)14-18/h4-7,10-11,14-15,24H,3,8-9,12-13H2,1-2H3,(H,23,28)/t15-/m0/s1. The molecule has 4 rings (SSSR count). The number of urea groups is 1. The molecule has 1 saturated heterocycles. The van der Waals surface area contributed by atoms with Crippen molar-refractivity contribution in [2.45, 2.75) is 32.7 Å². The Hall–Kier alpha value is -3.02. The van der Waals surface area contributed by atoms with E-state index in [1.165, 1.54) is 11.1 Å². The van der Waals surface area contributed by atoms with E-state index in [1.54, 1.807) is 16.7 Å². The third kappa shape index (κ3) is 3.42. The summed E-state index contributed by atoms with van der Waals surface area (Å²) in [5.41, 5.74) is 5.38. The molecule has 0 spiro atoms. The number of carbonyl (C=O) groups is 2. The Morgan fingerprint density at radius 2 is 1.86 bits per heavy atom. The van der Waals surface area contributed by atoms with Gasteiger partial charge in [-0.15, -0.1) is 0 Å². The van der Waals surface area contributed by atoms with Crippen molar-refractivity contribution in [1.82, 2.24) is 9.80 Å². The summed E-state index contributed by atoms with van der Waals surface area (Å²) in [7, 11) is 0. The zero-order chi connectivity index (χ0) is 19.7. The van der Waals surface area contributed by atoms with Gasteiger partial charge in [-0.3, -0.25) is 4.79 Å². The van der Waals surface area contributed by atoms with Crippen LogP contribution in [0.2, 0.25) is 0 Å². The first-order chi connectivity index (χ1) is 13.6. The van der Waals surface area contributed by atoms with E-state index in [0.717, 1.165) is 29.9 Å². The van der Waals surface area contributed by atoms with Crippen LogP contribution in [0.5, 0.6) is 0 Å². The molecule has 1 fully saturated rings. The van der Waals surface area contributed by atoms with Crippen LogP contribution in [-0.2, 0) is 17.6 Å². The van der Waals surface area contributed by atoms with Crippen LogP contribution < -0.4 is 10.6 Å². The quantitative estimate of drug-likeness (QED) is 0.839. The smallest absolute Gasteiger partial charge is 0.322 e. The molecule has 2 aliphatic heterocycles. The number of carbonyl (C=O) groups excluding carboxylic acids is 2. The van der Waals surface area contributed by atoms with Crippen LogP contribution in [0.3, 0.4) is 0 Å². The van der Waals surface area contributed by atoms with Crippen LogP contribution >= 0.6 is 0 Å². The first-order valence-corrected chi connectivity index (χ1v) is 9.91. The number of likely N-dealkylation sites (N-methyl/N-ethyl adjacent to an activating group) is 1. The number of piperazine rings is 1. The van der Waals surface area contributed by atoms with Gasteiger partial charge in [0, 0.05) is 36.7 Å². The van der Waals surface area contributed by atoms with E-state index in [2.05, 4.69) is 34.9 Å². The van der Waals surface area contributed by atoms with E-state index in [4.69, 9.17) is 0 Å². The number of hydrogen-bond acceptors (Lipinski definition) is 3. The van der Waals surface area contributed by atoms with E-state index in [9.17, 15) is 9.59 Å². The lowest BCUT2D eigenvalue weighted by atomic mass is 10.0. The molecule has 0 radical (unpaired) electrons. The summed E-state index contributed by atoms with van der Waals surface area (Å²) in [4.78, 5) is 28.5. The van der Waals surface area contributed by atoms with Crippen LogP contribution in [0.4, 0.5) is 21.9 Å². The second-order valence-electron chi connectivity index (χ2n) is 7.37. The summed E-state index contributed by atoms with van der Waals surface area (Å²) in [6.45, 7) is 5.55. The van der Waals surface area contributed by atoms with Crippen molar-refractivity contribution in [1.29, 1.82) is 0 Å². The number of fused-ring (bicyclic) bond motifs is 2. The van der Waals surface area contributed by atoms with Gasteiger partial charge in [0.05, 0.1) is 0 Å². The van der Waals surface area contributed by atoms with Gasteiger partial charge < -0.3 is 20.4 Å². The number of hydrogen-bond donors (Lipinski definition) is 2. The molecule has 2 N–H and O–H groups in total. The number of benzene rings is 2. The average Bonchev–Trinajstić information content (AvgIpc) is 2.88. The molecule has 28 heavy (non-hydrogen) atoms. The van der Waals surface area contributed by atoms with Crippen LogP contribution in [0, 0.1) is 0 Å². The molecule has 2 heterocycles. The minimum Gasteiger partial charge on any atom is -0.355 e. The van der Waals surface area contributed by atoms with Gasteiger partial charge in [0.1, 0.15) is 6.04 Å². The van der Waals surface area contributed by atoms with Crippen molar-refractivity contribution in [2.75, 3.05) is 30.3 Å². The summed E-state index contributed by atoms with van der Waals surface area (Å²) < 4.78 is 0. The first-order valence-electron chi connectivity index (χ1n) is 9.91. The SMILES string of the molecule is CCN1CCN(C(=O)Nc2ccc3c(c2)Nc2ccccc2CC3)[C@@H](C)C1=O. The molecule has 0 aromatic heterocycles. The van der Waals surface area contributed by atoms with Gasteiger partial charge >= 0.3 is 6.03 Å². The van der Waals surface area contributed by atoms with E-state index >= 15 is 0 Å². The van der Waals surface area contributed by atoms with Crippen LogP contribution in [0.15, 0.2) is 42.5 Å². The highest BCUT2D eigenvalue weighted by Gasteiger charge is 2.33. The molecule has 146 valence electrons. The molecule has 1 atom stereocenters. The van der Waals surface area contributed by atoms with Crippen molar-refractivity contribution >= 4 is 29.0 Å². The molecule has 6 heteroatoms. The number of rotatable bonds is 2. The molecule has 6 nitrogen and oxygen atoms in total. The number of aryl methyl sites for hydroxylation is 2. The van der Waals surface area contributed by atoms with E-state index in [0.29, 0.717) is 19.6 Å². The maximum Gasteiger partial charge on any atom is 0.322 e. The Balaban J connectivity index is 1.50. The Kier molecular flexibility index (Phi) is 4.94. The summed E-state index contributed by atoms with van der Waals surface area (Å²) in [6.07, 6.45) is 1.95. The number of anilines is 3. The highest BCUT2D eigenvalue weighted by Crippen LogP contribution is 2.31. The fraction of sp³-hybridized carbons (Fsp3) is 0.364. The van der Waals surface area contributed by atoms with Crippen LogP contribution in [0.25, 0.3) is 0 Å². The highest BCUT2D eigenvalue weighted by atomic mass is 16.2. The summed E-state index contributed by atoms with van der Waals surface area (Å²) in [5.74, 6) is 0.00380. The Bertz CT molecular complexity index is 911. The Labute approximate surface area is 165 Å². The minimum absolute atomic E-state index is 0.00380. The number of para-hydroxylation sites is 1. The third-order valence-corrected chi connectivity index (χ3v) is 5.70. The summed E-state index contributed by atoms with van der Waals surface area (Å²) in [5, 5.41) is 6.47. The van der Waals surface area contributed by atoms with Crippen LogP contribution in [-0.4, -0.2) is 47.4 Å². The zero-order valence-electron chi connectivity index (χ0n) is 16.4. The second-order valence-corrected chi connectivity index (χ2v) is 7.37. The Morgan fingerprint density at radius 1 is 1.11 bits per heavy atom. The molecule has 0 bridgehead atoms. The monoisotopic (exact) mass is 378 g/mol.